The average Bonchev–Trinajstić information content (AvgIpc) is 2.98. The van der Waals surface area contributed by atoms with Gasteiger partial charge in [-0.1, -0.05) is 64.3 Å². The van der Waals surface area contributed by atoms with Crippen LogP contribution in [0.5, 0.6) is 0 Å². The van der Waals surface area contributed by atoms with E-state index in [0.29, 0.717) is 28.3 Å². The van der Waals surface area contributed by atoms with E-state index < -0.39 is 0 Å². The number of nitrogens with one attached hydrogen (secondary N) is 1. The lowest BCUT2D eigenvalue weighted by Gasteiger charge is -2.06. The van der Waals surface area contributed by atoms with E-state index in [1.807, 2.05) is 43.3 Å². The highest BCUT2D eigenvalue weighted by Crippen LogP contribution is 2.29. The predicted molar refractivity (Wildman–Crippen MR) is 88.3 cm³/mol. The summed E-state index contributed by atoms with van der Waals surface area (Å²) in [5, 5.41) is 8.09. The molecule has 0 saturated heterocycles. The number of rotatable bonds is 4. The molecule has 3 aromatic rings. The van der Waals surface area contributed by atoms with Crippen LogP contribution in [0.3, 0.4) is 0 Å². The molecular weight excluding hydrogens is 321 g/mol. The molecule has 0 bridgehead atoms. The number of hydrogen-bond acceptors (Lipinski definition) is 4. The van der Waals surface area contributed by atoms with Crippen molar-refractivity contribution in [2.75, 3.05) is 5.32 Å². The molecule has 0 aliphatic rings. The molecule has 0 unspecified atom stereocenters. The first-order valence-electron chi connectivity index (χ1n) is 6.71. The molecule has 2 aromatic carbocycles. The van der Waals surface area contributed by atoms with Gasteiger partial charge in [-0.25, -0.2) is 0 Å². The van der Waals surface area contributed by atoms with Gasteiger partial charge in [0.2, 0.25) is 11.7 Å². The van der Waals surface area contributed by atoms with Crippen molar-refractivity contribution in [3.8, 4) is 11.4 Å². The maximum Gasteiger partial charge on any atom is 0.246 e. The molecule has 6 heteroatoms. The van der Waals surface area contributed by atoms with E-state index >= 15 is 0 Å². The number of aryl methyl sites for hydroxylation is 1. The Morgan fingerprint density at radius 3 is 2.64 bits per heavy atom. The van der Waals surface area contributed by atoms with Crippen LogP contribution >= 0.6 is 23.2 Å². The highest BCUT2D eigenvalue weighted by molar-refractivity contribution is 6.43. The Labute approximate surface area is 138 Å². The molecule has 0 atom stereocenters. The number of nitrogens with zero attached hydrogens (tertiary/aromatic N) is 2. The zero-order chi connectivity index (χ0) is 15.5. The van der Waals surface area contributed by atoms with Crippen LogP contribution in [0.2, 0.25) is 10.0 Å². The fourth-order valence-corrected chi connectivity index (χ4v) is 2.33. The molecule has 0 amide bonds. The minimum Gasteiger partial charge on any atom is -0.375 e. The lowest BCUT2D eigenvalue weighted by molar-refractivity contribution is 0.384. The molecule has 0 aliphatic carbocycles. The van der Waals surface area contributed by atoms with Crippen LogP contribution in [0.25, 0.3) is 11.4 Å². The maximum absolute atomic E-state index is 6.11. The molecule has 112 valence electrons. The third-order valence-corrected chi connectivity index (χ3v) is 3.98. The fraction of sp³-hybridized carbons (Fsp3) is 0.125. The molecule has 22 heavy (non-hydrogen) atoms. The van der Waals surface area contributed by atoms with Gasteiger partial charge in [-0.2, -0.15) is 4.98 Å². The number of benzene rings is 2. The van der Waals surface area contributed by atoms with Crippen molar-refractivity contribution in [3.63, 3.8) is 0 Å². The molecule has 1 aromatic heterocycles. The van der Waals surface area contributed by atoms with Crippen LogP contribution in [0.1, 0.15) is 11.5 Å². The minimum atomic E-state index is 0.374. The summed E-state index contributed by atoms with van der Waals surface area (Å²) in [6, 6.07) is 13.3. The highest BCUT2D eigenvalue weighted by atomic mass is 35.5. The lowest BCUT2D eigenvalue weighted by atomic mass is 10.1. The van der Waals surface area contributed by atoms with Crippen molar-refractivity contribution in [2.45, 2.75) is 13.5 Å². The van der Waals surface area contributed by atoms with Crippen LogP contribution in [-0.2, 0) is 6.54 Å². The first kappa shape index (κ1) is 14.9. The van der Waals surface area contributed by atoms with Crippen LogP contribution in [0.4, 0.5) is 5.69 Å². The monoisotopic (exact) mass is 333 g/mol. The van der Waals surface area contributed by atoms with Gasteiger partial charge in [-0.3, -0.25) is 0 Å². The van der Waals surface area contributed by atoms with Crippen LogP contribution < -0.4 is 5.32 Å². The molecule has 3 rings (SSSR count). The van der Waals surface area contributed by atoms with E-state index in [-0.39, 0.29) is 0 Å². The lowest BCUT2D eigenvalue weighted by Crippen LogP contribution is -2.00. The van der Waals surface area contributed by atoms with Crippen molar-refractivity contribution < 1.29 is 4.52 Å². The van der Waals surface area contributed by atoms with Gasteiger partial charge in [0, 0.05) is 5.56 Å². The molecule has 0 fully saturated rings. The summed E-state index contributed by atoms with van der Waals surface area (Å²) < 4.78 is 5.24. The second-order valence-corrected chi connectivity index (χ2v) is 5.62. The fourth-order valence-electron chi connectivity index (χ4n) is 1.96. The Morgan fingerprint density at radius 1 is 1.09 bits per heavy atom. The van der Waals surface area contributed by atoms with Crippen molar-refractivity contribution in [1.29, 1.82) is 0 Å². The van der Waals surface area contributed by atoms with E-state index in [2.05, 4.69) is 15.5 Å². The zero-order valence-corrected chi connectivity index (χ0v) is 13.3. The largest absolute Gasteiger partial charge is 0.375 e. The summed E-state index contributed by atoms with van der Waals surface area (Å²) in [6.45, 7) is 2.41. The standard InChI is InChI=1S/C16H13Cl2N3O/c1-10-5-7-11(8-6-10)16-20-14(22-21-16)9-19-13-4-2-3-12(17)15(13)18/h2-8,19H,9H2,1H3. The van der Waals surface area contributed by atoms with E-state index in [1.165, 1.54) is 5.56 Å². The SMILES string of the molecule is Cc1ccc(-c2noc(CNc3cccc(Cl)c3Cl)n2)cc1. The first-order valence-corrected chi connectivity index (χ1v) is 7.46. The quantitative estimate of drug-likeness (QED) is 0.732. The van der Waals surface area contributed by atoms with Crippen molar-refractivity contribution in [2.24, 2.45) is 0 Å². The molecule has 0 saturated carbocycles. The van der Waals surface area contributed by atoms with Crippen LogP contribution in [-0.4, -0.2) is 10.1 Å². The van der Waals surface area contributed by atoms with Crippen LogP contribution in [0.15, 0.2) is 47.0 Å². The molecule has 0 aliphatic heterocycles. The Bertz CT molecular complexity index is 784. The van der Waals surface area contributed by atoms with E-state index in [0.717, 1.165) is 11.3 Å². The number of halogens is 2. The van der Waals surface area contributed by atoms with E-state index in [1.54, 1.807) is 6.07 Å². The molecule has 0 radical (unpaired) electrons. The second kappa shape index (κ2) is 6.38. The number of aromatic nitrogens is 2. The van der Waals surface area contributed by atoms with E-state index in [4.69, 9.17) is 27.7 Å². The normalized spacial score (nSPS) is 10.7. The first-order chi connectivity index (χ1) is 10.6. The summed E-state index contributed by atoms with van der Waals surface area (Å²) >= 11 is 12.1. The maximum atomic E-state index is 6.11. The van der Waals surface area contributed by atoms with Crippen molar-refractivity contribution in [1.82, 2.24) is 10.1 Å². The third kappa shape index (κ3) is 3.24. The Morgan fingerprint density at radius 2 is 1.86 bits per heavy atom. The van der Waals surface area contributed by atoms with E-state index in [9.17, 15) is 0 Å². The Hall–Kier alpha value is -2.04. The number of hydrogen-bond donors (Lipinski definition) is 1. The molecule has 4 nitrogen and oxygen atoms in total. The summed E-state index contributed by atoms with van der Waals surface area (Å²) in [5.41, 5.74) is 2.83. The molecular formula is C16H13Cl2N3O. The summed E-state index contributed by atoms with van der Waals surface area (Å²) in [5.74, 6) is 1.04. The second-order valence-electron chi connectivity index (χ2n) is 4.83. The average molecular weight is 334 g/mol. The Balaban J connectivity index is 1.72. The summed E-state index contributed by atoms with van der Waals surface area (Å²) in [4.78, 5) is 4.36. The third-order valence-electron chi connectivity index (χ3n) is 3.16. The topological polar surface area (TPSA) is 51.0 Å². The molecule has 0 spiro atoms. The summed E-state index contributed by atoms with van der Waals surface area (Å²) in [6.07, 6.45) is 0. The van der Waals surface area contributed by atoms with Gasteiger partial charge in [-0.15, -0.1) is 0 Å². The van der Waals surface area contributed by atoms with Gasteiger partial charge >= 0.3 is 0 Å². The van der Waals surface area contributed by atoms with Crippen molar-refractivity contribution in [3.05, 3.63) is 64.0 Å². The minimum absolute atomic E-state index is 0.374. The number of anilines is 1. The smallest absolute Gasteiger partial charge is 0.246 e. The zero-order valence-electron chi connectivity index (χ0n) is 11.8. The van der Waals surface area contributed by atoms with Crippen molar-refractivity contribution >= 4 is 28.9 Å². The van der Waals surface area contributed by atoms with Crippen LogP contribution in [0, 0.1) is 6.92 Å². The Kier molecular flexibility index (Phi) is 4.32. The highest BCUT2D eigenvalue weighted by Gasteiger charge is 2.09. The van der Waals surface area contributed by atoms with Gasteiger partial charge in [0.05, 0.1) is 22.3 Å². The molecule has 1 N–H and O–H groups in total. The van der Waals surface area contributed by atoms with Gasteiger partial charge in [-0.05, 0) is 19.1 Å². The molecule has 1 heterocycles. The van der Waals surface area contributed by atoms with Gasteiger partial charge in [0.25, 0.3) is 0 Å². The van der Waals surface area contributed by atoms with Gasteiger partial charge < -0.3 is 9.84 Å². The predicted octanol–water partition coefficient (Wildman–Crippen LogP) is 4.96. The van der Waals surface area contributed by atoms with Gasteiger partial charge in [0.1, 0.15) is 0 Å². The summed E-state index contributed by atoms with van der Waals surface area (Å²) in [7, 11) is 0. The van der Waals surface area contributed by atoms with Gasteiger partial charge in [0.15, 0.2) is 0 Å².